The fraction of sp³-hybridized carbons (Fsp3) is 0.583. The molecule has 0 bridgehead atoms. The summed E-state index contributed by atoms with van der Waals surface area (Å²) in [5.74, 6) is -0.135. The predicted molar refractivity (Wildman–Crippen MR) is 63.0 cm³/mol. The van der Waals surface area contributed by atoms with Crippen molar-refractivity contribution in [1.29, 1.82) is 0 Å². The summed E-state index contributed by atoms with van der Waals surface area (Å²) >= 11 is 1.71. The number of nitrogens with two attached hydrogens (primary N) is 1. The van der Waals surface area contributed by atoms with E-state index in [2.05, 4.69) is 18.4 Å². The zero-order valence-electron chi connectivity index (χ0n) is 9.08. The molecule has 15 heavy (non-hydrogen) atoms. The summed E-state index contributed by atoms with van der Waals surface area (Å²) in [5, 5.41) is 2.06. The Hall–Kier alpha value is -0.830. The highest BCUT2D eigenvalue weighted by atomic mass is 32.1. The van der Waals surface area contributed by atoms with Crippen molar-refractivity contribution in [3.05, 3.63) is 21.9 Å². The second-order valence-corrected chi connectivity index (χ2v) is 5.52. The molecule has 0 spiro atoms. The number of aryl methyl sites for hydroxylation is 1. The lowest BCUT2D eigenvalue weighted by molar-refractivity contribution is -0.124. The number of hydrogen-bond acceptors (Lipinski definition) is 2. The summed E-state index contributed by atoms with van der Waals surface area (Å²) in [6.07, 6.45) is 5.34. The van der Waals surface area contributed by atoms with E-state index in [-0.39, 0.29) is 11.3 Å². The molecule has 1 aliphatic carbocycles. The molecule has 0 unspecified atom stereocenters. The third-order valence-corrected chi connectivity index (χ3v) is 4.40. The minimum atomic E-state index is -0.359. The normalized spacial score (nSPS) is 20.1. The first-order valence-electron chi connectivity index (χ1n) is 5.51. The highest BCUT2D eigenvalue weighted by Crippen LogP contribution is 2.41. The van der Waals surface area contributed by atoms with Gasteiger partial charge in [0.05, 0.1) is 5.41 Å². The molecule has 0 atom stereocenters. The van der Waals surface area contributed by atoms with Gasteiger partial charge in [-0.25, -0.2) is 0 Å². The number of carbonyl (C=O) groups is 1. The molecule has 1 aromatic heterocycles. The molecule has 1 saturated carbocycles. The first-order valence-corrected chi connectivity index (χ1v) is 6.39. The van der Waals surface area contributed by atoms with Crippen LogP contribution >= 0.6 is 11.3 Å². The van der Waals surface area contributed by atoms with Gasteiger partial charge in [0.25, 0.3) is 0 Å². The Labute approximate surface area is 94.5 Å². The standard InChI is InChI=1S/C12H17NOS/c1-9-10(5-8-15-9)12(11(13)14)6-3-2-4-7-12/h5,8H,2-4,6-7H2,1H3,(H2,13,14). The van der Waals surface area contributed by atoms with Crippen LogP contribution in [0.4, 0.5) is 0 Å². The summed E-state index contributed by atoms with van der Waals surface area (Å²) in [7, 11) is 0. The number of thiophene rings is 1. The Morgan fingerprint density at radius 1 is 1.40 bits per heavy atom. The first kappa shape index (κ1) is 10.7. The lowest BCUT2D eigenvalue weighted by Gasteiger charge is -2.34. The number of carbonyl (C=O) groups excluding carboxylic acids is 1. The van der Waals surface area contributed by atoms with E-state index in [0.29, 0.717) is 0 Å². The lowest BCUT2D eigenvalue weighted by Crippen LogP contribution is -2.42. The topological polar surface area (TPSA) is 43.1 Å². The molecule has 1 amide bonds. The molecule has 1 aliphatic rings. The Morgan fingerprint density at radius 2 is 2.07 bits per heavy atom. The summed E-state index contributed by atoms with van der Waals surface area (Å²) < 4.78 is 0. The van der Waals surface area contributed by atoms with E-state index in [1.165, 1.54) is 16.9 Å². The molecule has 2 rings (SSSR count). The molecule has 2 N–H and O–H groups in total. The number of hydrogen-bond donors (Lipinski definition) is 1. The third-order valence-electron chi connectivity index (χ3n) is 3.55. The van der Waals surface area contributed by atoms with Crippen molar-refractivity contribution in [3.8, 4) is 0 Å². The molecule has 0 saturated heterocycles. The Morgan fingerprint density at radius 3 is 2.53 bits per heavy atom. The molecule has 1 heterocycles. The van der Waals surface area contributed by atoms with Crippen LogP contribution in [-0.4, -0.2) is 5.91 Å². The fourth-order valence-corrected chi connectivity index (χ4v) is 3.48. The van der Waals surface area contributed by atoms with Gasteiger partial charge in [-0.05, 0) is 36.8 Å². The average molecular weight is 223 g/mol. The molecule has 2 nitrogen and oxygen atoms in total. The molecule has 0 aliphatic heterocycles. The van der Waals surface area contributed by atoms with Crippen molar-refractivity contribution in [1.82, 2.24) is 0 Å². The highest BCUT2D eigenvalue weighted by molar-refractivity contribution is 7.10. The van der Waals surface area contributed by atoms with Gasteiger partial charge in [0.15, 0.2) is 0 Å². The van der Waals surface area contributed by atoms with Crippen molar-refractivity contribution < 1.29 is 4.79 Å². The van der Waals surface area contributed by atoms with Gasteiger partial charge in [0.2, 0.25) is 5.91 Å². The van der Waals surface area contributed by atoms with Gasteiger partial charge in [0, 0.05) is 4.88 Å². The third kappa shape index (κ3) is 1.69. The van der Waals surface area contributed by atoms with Crippen molar-refractivity contribution in [2.45, 2.75) is 44.4 Å². The fourth-order valence-electron chi connectivity index (χ4n) is 2.69. The van der Waals surface area contributed by atoms with E-state index < -0.39 is 0 Å². The zero-order chi connectivity index (χ0) is 10.9. The molecular formula is C12H17NOS. The minimum absolute atomic E-state index is 0.135. The van der Waals surface area contributed by atoms with Crippen LogP contribution in [0.2, 0.25) is 0 Å². The number of amides is 1. The number of rotatable bonds is 2. The Kier molecular flexibility index (Phi) is 2.83. The van der Waals surface area contributed by atoms with Gasteiger partial charge >= 0.3 is 0 Å². The second kappa shape index (κ2) is 3.97. The van der Waals surface area contributed by atoms with E-state index in [0.717, 1.165) is 25.7 Å². The van der Waals surface area contributed by atoms with Crippen molar-refractivity contribution >= 4 is 17.2 Å². The molecular weight excluding hydrogens is 206 g/mol. The van der Waals surface area contributed by atoms with E-state index >= 15 is 0 Å². The van der Waals surface area contributed by atoms with Gasteiger partial charge in [-0.1, -0.05) is 19.3 Å². The lowest BCUT2D eigenvalue weighted by atomic mass is 9.69. The monoisotopic (exact) mass is 223 g/mol. The molecule has 0 radical (unpaired) electrons. The summed E-state index contributed by atoms with van der Waals surface area (Å²) in [6, 6.07) is 2.08. The smallest absolute Gasteiger partial charge is 0.228 e. The van der Waals surface area contributed by atoms with E-state index in [4.69, 9.17) is 5.73 Å². The van der Waals surface area contributed by atoms with Gasteiger partial charge in [-0.3, -0.25) is 4.79 Å². The van der Waals surface area contributed by atoms with Crippen LogP contribution in [0.3, 0.4) is 0 Å². The van der Waals surface area contributed by atoms with E-state index in [9.17, 15) is 4.79 Å². The molecule has 1 fully saturated rings. The van der Waals surface area contributed by atoms with Crippen LogP contribution in [0, 0.1) is 6.92 Å². The highest BCUT2D eigenvalue weighted by Gasteiger charge is 2.40. The van der Waals surface area contributed by atoms with Crippen LogP contribution in [0.5, 0.6) is 0 Å². The summed E-state index contributed by atoms with van der Waals surface area (Å²) in [5.41, 5.74) is 6.45. The van der Waals surface area contributed by atoms with Crippen LogP contribution in [0.15, 0.2) is 11.4 Å². The maximum Gasteiger partial charge on any atom is 0.228 e. The zero-order valence-corrected chi connectivity index (χ0v) is 9.90. The summed E-state index contributed by atoms with van der Waals surface area (Å²) in [6.45, 7) is 2.08. The second-order valence-electron chi connectivity index (χ2n) is 4.40. The van der Waals surface area contributed by atoms with Crippen LogP contribution < -0.4 is 5.73 Å². The Bertz CT molecular complexity index is 363. The maximum atomic E-state index is 11.8. The maximum absolute atomic E-state index is 11.8. The van der Waals surface area contributed by atoms with Crippen LogP contribution in [0.1, 0.15) is 42.5 Å². The predicted octanol–water partition coefficient (Wildman–Crippen LogP) is 2.74. The molecule has 82 valence electrons. The van der Waals surface area contributed by atoms with Crippen molar-refractivity contribution in [3.63, 3.8) is 0 Å². The van der Waals surface area contributed by atoms with Crippen LogP contribution in [-0.2, 0) is 10.2 Å². The van der Waals surface area contributed by atoms with Crippen LogP contribution in [0.25, 0.3) is 0 Å². The quantitative estimate of drug-likeness (QED) is 0.823. The van der Waals surface area contributed by atoms with Gasteiger partial charge in [0.1, 0.15) is 0 Å². The average Bonchev–Trinajstić information content (AvgIpc) is 2.66. The largest absolute Gasteiger partial charge is 0.369 e. The van der Waals surface area contributed by atoms with Gasteiger partial charge in [-0.2, -0.15) is 0 Å². The molecule has 3 heteroatoms. The molecule has 1 aromatic rings. The van der Waals surface area contributed by atoms with Gasteiger partial charge in [-0.15, -0.1) is 11.3 Å². The van der Waals surface area contributed by atoms with E-state index in [1.807, 2.05) is 0 Å². The van der Waals surface area contributed by atoms with Crippen molar-refractivity contribution in [2.24, 2.45) is 5.73 Å². The Balaban J connectivity index is 2.42. The number of primary amides is 1. The van der Waals surface area contributed by atoms with Gasteiger partial charge < -0.3 is 5.73 Å². The SMILES string of the molecule is Cc1sccc1C1(C(N)=O)CCCCC1. The van der Waals surface area contributed by atoms with E-state index in [1.54, 1.807) is 11.3 Å². The first-order chi connectivity index (χ1) is 7.17. The minimum Gasteiger partial charge on any atom is -0.369 e. The van der Waals surface area contributed by atoms with Crippen molar-refractivity contribution in [2.75, 3.05) is 0 Å². The molecule has 0 aromatic carbocycles. The summed E-state index contributed by atoms with van der Waals surface area (Å²) in [4.78, 5) is 13.0.